The van der Waals surface area contributed by atoms with Crippen molar-refractivity contribution in [3.8, 4) is 5.82 Å². The number of carboxylic acids is 1. The molecular weight excluding hydrogens is 507 g/mol. The van der Waals surface area contributed by atoms with Gasteiger partial charge in [0, 0.05) is 24.7 Å². The number of alkyl halides is 3. The Bertz CT molecular complexity index is 1360. The molecule has 0 aliphatic carbocycles. The number of H-pyrrole nitrogens is 1. The maximum atomic E-state index is 12.6. The minimum absolute atomic E-state index is 0.148. The van der Waals surface area contributed by atoms with Gasteiger partial charge < -0.3 is 14.7 Å². The molecule has 12 nitrogen and oxygen atoms in total. The number of hydrogen-bond donors (Lipinski definition) is 2. The second-order valence-corrected chi connectivity index (χ2v) is 10.3. The number of aromatic amines is 1. The van der Waals surface area contributed by atoms with Gasteiger partial charge in [-0.25, -0.2) is 18.2 Å². The van der Waals surface area contributed by atoms with Crippen molar-refractivity contribution in [2.24, 2.45) is 0 Å². The lowest BCUT2D eigenvalue weighted by Crippen LogP contribution is -2.45. The first-order chi connectivity index (χ1) is 16.9. The molecule has 1 fully saturated rings. The van der Waals surface area contributed by atoms with Crippen molar-refractivity contribution in [3.05, 3.63) is 24.0 Å². The molecule has 2 aliphatic heterocycles. The Morgan fingerprint density at radius 3 is 2.61 bits per heavy atom. The first-order valence-electron chi connectivity index (χ1n) is 10.9. The lowest BCUT2D eigenvalue weighted by Gasteiger charge is -2.38. The second-order valence-electron chi connectivity index (χ2n) is 8.36. The van der Waals surface area contributed by atoms with Crippen LogP contribution in [0.2, 0.25) is 0 Å². The molecule has 0 spiro atoms. The molecule has 0 unspecified atom stereocenters. The predicted molar refractivity (Wildman–Crippen MR) is 123 cm³/mol. The molecule has 16 heteroatoms. The van der Waals surface area contributed by atoms with E-state index in [1.807, 2.05) is 0 Å². The highest BCUT2D eigenvalue weighted by Gasteiger charge is 2.38. The topological polar surface area (TPSA) is 147 Å². The molecule has 0 bridgehead atoms. The predicted octanol–water partition coefficient (Wildman–Crippen LogP) is 1.71. The number of ether oxygens (including phenoxy) is 1. The Kier molecular flexibility index (Phi) is 6.83. The van der Waals surface area contributed by atoms with Crippen LogP contribution >= 0.6 is 0 Å². The van der Waals surface area contributed by atoms with Crippen LogP contribution in [0.4, 0.5) is 24.7 Å². The van der Waals surface area contributed by atoms with E-state index in [1.54, 1.807) is 23.1 Å². The maximum Gasteiger partial charge on any atom is 0.490 e. The number of hydrogen-bond acceptors (Lipinski definition) is 8. The third kappa shape index (κ3) is 4.95. The van der Waals surface area contributed by atoms with Gasteiger partial charge in [0.25, 0.3) is 0 Å². The van der Waals surface area contributed by atoms with Crippen molar-refractivity contribution in [2.75, 3.05) is 41.8 Å². The van der Waals surface area contributed by atoms with Crippen LogP contribution in [0, 0.1) is 0 Å². The van der Waals surface area contributed by atoms with Crippen LogP contribution in [0.25, 0.3) is 16.9 Å². The van der Waals surface area contributed by atoms with E-state index in [0.717, 1.165) is 29.6 Å². The first kappa shape index (κ1) is 25.7. The Labute approximate surface area is 203 Å². The van der Waals surface area contributed by atoms with Crippen LogP contribution in [-0.2, 0) is 26.0 Å². The summed E-state index contributed by atoms with van der Waals surface area (Å²) < 4.78 is 65.7. The molecule has 2 N–H and O–H groups in total. The van der Waals surface area contributed by atoms with Gasteiger partial charge in [-0.05, 0) is 19.8 Å². The summed E-state index contributed by atoms with van der Waals surface area (Å²) in [6.45, 7) is 4.50. The highest BCUT2D eigenvalue weighted by Crippen LogP contribution is 2.41. The average Bonchev–Trinajstić information content (AvgIpc) is 3.47. The van der Waals surface area contributed by atoms with Gasteiger partial charge in [0.1, 0.15) is 5.82 Å². The second kappa shape index (κ2) is 9.57. The number of nitrogens with one attached hydrogen (secondary N) is 1. The van der Waals surface area contributed by atoms with Crippen molar-refractivity contribution in [2.45, 2.75) is 32.0 Å². The molecule has 3 aromatic heterocycles. The SMILES string of the molecule is C[C@@H]1COCCN1c1nc2c(cnn2-c2ccn[nH]2)c2c1CCCN2S(C)(=O)=O.O=C(O)C(F)(F)F. The fourth-order valence-corrected chi connectivity index (χ4v) is 5.23. The van der Waals surface area contributed by atoms with Gasteiger partial charge in [-0.15, -0.1) is 0 Å². The highest BCUT2D eigenvalue weighted by atomic mass is 32.2. The van der Waals surface area contributed by atoms with Gasteiger partial charge in [0.05, 0.1) is 49.0 Å². The number of sulfonamides is 1. The van der Waals surface area contributed by atoms with Crippen LogP contribution in [0.5, 0.6) is 0 Å². The number of aliphatic carboxylic acids is 1. The summed E-state index contributed by atoms with van der Waals surface area (Å²) in [6.07, 6.45) is 1.05. The Morgan fingerprint density at radius 2 is 2.03 bits per heavy atom. The number of anilines is 2. The number of pyridine rings is 1. The van der Waals surface area contributed by atoms with E-state index >= 15 is 0 Å². The molecule has 0 amide bonds. The summed E-state index contributed by atoms with van der Waals surface area (Å²) in [5, 5.41) is 19.2. The molecule has 0 radical (unpaired) electrons. The summed E-state index contributed by atoms with van der Waals surface area (Å²) in [5.74, 6) is -1.26. The number of carbonyl (C=O) groups is 1. The Morgan fingerprint density at radius 1 is 1.31 bits per heavy atom. The number of morpholine rings is 1. The van der Waals surface area contributed by atoms with Crippen molar-refractivity contribution >= 4 is 38.5 Å². The minimum atomic E-state index is -5.08. The van der Waals surface area contributed by atoms with E-state index in [2.05, 4.69) is 27.1 Å². The molecule has 5 heterocycles. The van der Waals surface area contributed by atoms with Crippen molar-refractivity contribution in [1.82, 2.24) is 25.0 Å². The van der Waals surface area contributed by atoms with Crippen LogP contribution in [-0.4, -0.2) is 89.2 Å². The van der Waals surface area contributed by atoms with Crippen molar-refractivity contribution in [3.63, 3.8) is 0 Å². The standard InChI is InChI=1S/C18H23N7O3S.C2HF3O2/c1-12-11-28-9-8-23(12)17-13-4-3-7-24(29(2,26)27)16(13)14-10-20-25(18(14)21-17)15-5-6-19-22-15;3-2(4,5)1(6)7/h5-6,10,12H,3-4,7-9,11H2,1-2H3,(H,19,22);(H,6,7)/t12-;/m1./s1. The number of nitrogens with zero attached hydrogens (tertiary/aromatic N) is 6. The third-order valence-corrected chi connectivity index (χ3v) is 6.97. The lowest BCUT2D eigenvalue weighted by atomic mass is 10.0. The molecule has 196 valence electrons. The first-order valence-corrected chi connectivity index (χ1v) is 12.8. The summed E-state index contributed by atoms with van der Waals surface area (Å²) in [6, 6.07) is 1.95. The van der Waals surface area contributed by atoms with Gasteiger partial charge in [0.2, 0.25) is 10.0 Å². The number of rotatable bonds is 3. The average molecular weight is 532 g/mol. The maximum absolute atomic E-state index is 12.6. The quantitative estimate of drug-likeness (QED) is 0.516. The van der Waals surface area contributed by atoms with Crippen molar-refractivity contribution in [1.29, 1.82) is 0 Å². The van der Waals surface area contributed by atoms with Gasteiger partial charge in [-0.2, -0.15) is 28.1 Å². The smallest absolute Gasteiger partial charge is 0.475 e. The number of carboxylic acid groups (broad SMARTS) is 1. The molecule has 0 aromatic carbocycles. The normalized spacial score (nSPS) is 18.5. The summed E-state index contributed by atoms with van der Waals surface area (Å²) in [5.41, 5.74) is 2.27. The lowest BCUT2D eigenvalue weighted by molar-refractivity contribution is -0.192. The van der Waals surface area contributed by atoms with E-state index < -0.39 is 22.2 Å². The third-order valence-electron chi connectivity index (χ3n) is 5.80. The van der Waals surface area contributed by atoms with E-state index in [0.29, 0.717) is 43.5 Å². The highest BCUT2D eigenvalue weighted by molar-refractivity contribution is 7.92. The zero-order chi connectivity index (χ0) is 26.3. The van der Waals surface area contributed by atoms with Gasteiger partial charge in [-0.3, -0.25) is 9.40 Å². The Balaban J connectivity index is 0.000000384. The zero-order valence-electron chi connectivity index (χ0n) is 19.4. The molecule has 5 rings (SSSR count). The summed E-state index contributed by atoms with van der Waals surface area (Å²) in [7, 11) is -3.43. The van der Waals surface area contributed by atoms with Crippen LogP contribution in [0.1, 0.15) is 18.9 Å². The monoisotopic (exact) mass is 531 g/mol. The van der Waals surface area contributed by atoms with E-state index in [9.17, 15) is 21.6 Å². The zero-order valence-corrected chi connectivity index (χ0v) is 20.2. The molecule has 1 atom stereocenters. The molecule has 0 saturated carbocycles. The molecule has 1 saturated heterocycles. The van der Waals surface area contributed by atoms with Crippen LogP contribution in [0.15, 0.2) is 18.5 Å². The molecule has 36 heavy (non-hydrogen) atoms. The van der Waals surface area contributed by atoms with Gasteiger partial charge in [-0.1, -0.05) is 0 Å². The van der Waals surface area contributed by atoms with Crippen LogP contribution < -0.4 is 9.21 Å². The fraction of sp³-hybridized carbons (Fsp3) is 0.500. The van der Waals surface area contributed by atoms with E-state index in [4.69, 9.17) is 19.6 Å². The molecule has 2 aliphatic rings. The summed E-state index contributed by atoms with van der Waals surface area (Å²) >= 11 is 0. The van der Waals surface area contributed by atoms with Gasteiger partial charge >= 0.3 is 12.1 Å². The molecule has 3 aromatic rings. The minimum Gasteiger partial charge on any atom is -0.475 e. The van der Waals surface area contributed by atoms with E-state index in [-0.39, 0.29) is 6.04 Å². The number of fused-ring (bicyclic) bond motifs is 3. The Hall–Kier alpha value is -3.40. The fourth-order valence-electron chi connectivity index (χ4n) is 4.23. The largest absolute Gasteiger partial charge is 0.490 e. The number of aromatic nitrogens is 5. The van der Waals surface area contributed by atoms with Crippen molar-refractivity contribution < 1.29 is 36.2 Å². The number of halogens is 3. The van der Waals surface area contributed by atoms with Crippen LogP contribution in [0.3, 0.4) is 0 Å². The van der Waals surface area contributed by atoms with Gasteiger partial charge in [0.15, 0.2) is 11.5 Å². The molecular formula is C20H24F3N7O5S. The summed E-state index contributed by atoms with van der Waals surface area (Å²) in [4.78, 5) is 16.1. The van der Waals surface area contributed by atoms with E-state index in [1.165, 1.54) is 10.6 Å².